The number of hydrogen-bond acceptors (Lipinski definition) is 7. The van der Waals surface area contributed by atoms with Crippen molar-refractivity contribution in [3.05, 3.63) is 24.2 Å². The van der Waals surface area contributed by atoms with E-state index in [1.807, 2.05) is 20.8 Å². The Kier molecular flexibility index (Phi) is 7.85. The predicted molar refractivity (Wildman–Crippen MR) is 99.8 cm³/mol. The van der Waals surface area contributed by atoms with Gasteiger partial charge in [0.1, 0.15) is 12.1 Å². The standard InChI is InChI=1S/C15H22N6O3.CH2Cl2/c1-15(2,3)24-14(22)20-8-4-11(5-9-20)13-19-18-12(23-13)10-21-16-6-7-17-21;2-1-3/h6-7,11H,4-5,8-10H2,1-3H3;1H2. The number of carbonyl (C=O) groups excluding carboxylic acids is 1. The lowest BCUT2D eigenvalue weighted by Crippen LogP contribution is -2.41. The molecule has 0 atom stereocenters. The SMILES string of the molecule is CC(C)(C)OC(=O)N1CCC(c2nnc(Cn3nccn3)o2)CC1.ClCCl. The Bertz CT molecular complexity index is 693. The normalized spacial score (nSPS) is 15.2. The second-order valence-electron chi connectivity index (χ2n) is 6.94. The summed E-state index contributed by atoms with van der Waals surface area (Å²) in [5, 5.41) is 16.4. The number of alkyl halides is 2. The van der Waals surface area contributed by atoms with E-state index in [2.05, 4.69) is 20.4 Å². The molecule has 27 heavy (non-hydrogen) atoms. The Hall–Kier alpha value is -1.87. The van der Waals surface area contributed by atoms with Gasteiger partial charge in [0.15, 0.2) is 0 Å². The Morgan fingerprint density at radius 3 is 2.37 bits per heavy atom. The average Bonchev–Trinajstić information content (AvgIpc) is 3.27. The van der Waals surface area contributed by atoms with E-state index in [4.69, 9.17) is 32.4 Å². The van der Waals surface area contributed by atoms with Gasteiger partial charge < -0.3 is 14.1 Å². The summed E-state index contributed by atoms with van der Waals surface area (Å²) >= 11 is 9.53. The minimum atomic E-state index is -0.476. The first kappa shape index (κ1) is 21.4. The fourth-order valence-electron chi connectivity index (χ4n) is 2.58. The number of ether oxygens (including phenoxy) is 1. The number of piperidine rings is 1. The topological polar surface area (TPSA) is 99.2 Å². The van der Waals surface area contributed by atoms with Gasteiger partial charge in [0.25, 0.3) is 0 Å². The molecule has 0 bridgehead atoms. The molecule has 0 aromatic carbocycles. The van der Waals surface area contributed by atoms with Gasteiger partial charge >= 0.3 is 6.09 Å². The maximum absolute atomic E-state index is 12.1. The lowest BCUT2D eigenvalue weighted by molar-refractivity contribution is 0.0199. The van der Waals surface area contributed by atoms with Crippen LogP contribution in [0.1, 0.15) is 51.3 Å². The van der Waals surface area contributed by atoms with Crippen molar-refractivity contribution in [1.29, 1.82) is 0 Å². The average molecular weight is 419 g/mol. The molecule has 9 nitrogen and oxygen atoms in total. The summed E-state index contributed by atoms with van der Waals surface area (Å²) in [6.07, 6.45) is 4.49. The van der Waals surface area contributed by atoms with Crippen LogP contribution in [0.15, 0.2) is 16.8 Å². The smallest absolute Gasteiger partial charge is 0.410 e. The van der Waals surface area contributed by atoms with Gasteiger partial charge in [-0.25, -0.2) is 4.79 Å². The number of hydrogen-bond donors (Lipinski definition) is 0. The molecule has 1 saturated heterocycles. The van der Waals surface area contributed by atoms with Crippen molar-refractivity contribution in [2.45, 2.75) is 51.7 Å². The van der Waals surface area contributed by atoms with Crippen molar-refractivity contribution >= 4 is 29.3 Å². The summed E-state index contributed by atoms with van der Waals surface area (Å²) in [6, 6.07) is 0. The summed E-state index contributed by atoms with van der Waals surface area (Å²) in [7, 11) is 0. The molecule has 2 aromatic heterocycles. The summed E-state index contributed by atoms with van der Waals surface area (Å²) in [4.78, 5) is 15.3. The number of halogens is 2. The van der Waals surface area contributed by atoms with Gasteiger partial charge in [-0.1, -0.05) is 0 Å². The lowest BCUT2D eigenvalue weighted by atomic mass is 9.97. The molecule has 0 unspecified atom stereocenters. The zero-order chi connectivity index (χ0) is 19.9. The lowest BCUT2D eigenvalue weighted by Gasteiger charge is -2.32. The van der Waals surface area contributed by atoms with E-state index >= 15 is 0 Å². The largest absolute Gasteiger partial charge is 0.444 e. The van der Waals surface area contributed by atoms with Crippen molar-refractivity contribution in [1.82, 2.24) is 30.1 Å². The van der Waals surface area contributed by atoms with E-state index in [-0.39, 0.29) is 17.4 Å². The molecule has 1 amide bonds. The molecule has 11 heteroatoms. The highest BCUT2D eigenvalue weighted by Gasteiger charge is 2.29. The van der Waals surface area contributed by atoms with Crippen molar-refractivity contribution in [3.8, 4) is 0 Å². The second-order valence-corrected chi connectivity index (χ2v) is 7.74. The Morgan fingerprint density at radius 2 is 1.81 bits per heavy atom. The minimum Gasteiger partial charge on any atom is -0.444 e. The van der Waals surface area contributed by atoms with Gasteiger partial charge in [0.05, 0.1) is 17.7 Å². The van der Waals surface area contributed by atoms with Crippen LogP contribution in [0.2, 0.25) is 0 Å². The van der Waals surface area contributed by atoms with Crippen LogP contribution in [0.4, 0.5) is 4.79 Å². The molecule has 1 aliphatic rings. The summed E-state index contributed by atoms with van der Waals surface area (Å²) < 4.78 is 11.1. The van der Waals surface area contributed by atoms with Crippen LogP contribution in [0.25, 0.3) is 0 Å². The van der Waals surface area contributed by atoms with Crippen LogP contribution in [-0.2, 0) is 11.3 Å². The monoisotopic (exact) mass is 418 g/mol. The molecule has 1 aliphatic heterocycles. The number of likely N-dealkylation sites (tertiary alicyclic amines) is 1. The fraction of sp³-hybridized carbons (Fsp3) is 0.688. The van der Waals surface area contributed by atoms with Crippen molar-refractivity contribution in [2.24, 2.45) is 0 Å². The van der Waals surface area contributed by atoms with E-state index < -0.39 is 5.60 Å². The zero-order valence-corrected chi connectivity index (χ0v) is 17.2. The maximum Gasteiger partial charge on any atom is 0.410 e. The van der Waals surface area contributed by atoms with Crippen molar-refractivity contribution in [3.63, 3.8) is 0 Å². The van der Waals surface area contributed by atoms with Crippen LogP contribution in [0.3, 0.4) is 0 Å². The summed E-state index contributed by atoms with van der Waals surface area (Å²) in [5.74, 6) is 1.26. The number of aromatic nitrogens is 5. The van der Waals surface area contributed by atoms with Gasteiger partial charge in [-0.15, -0.1) is 33.4 Å². The maximum atomic E-state index is 12.1. The molecule has 3 heterocycles. The first-order chi connectivity index (χ1) is 12.8. The molecule has 0 aliphatic carbocycles. The summed E-state index contributed by atoms with van der Waals surface area (Å²) in [5.41, 5.74) is -0.476. The molecule has 150 valence electrons. The van der Waals surface area contributed by atoms with E-state index in [9.17, 15) is 4.79 Å². The predicted octanol–water partition coefficient (Wildman–Crippen LogP) is 3.25. The van der Waals surface area contributed by atoms with E-state index in [1.165, 1.54) is 4.80 Å². The van der Waals surface area contributed by atoms with Gasteiger partial charge in [0.2, 0.25) is 11.8 Å². The van der Waals surface area contributed by atoms with Crippen LogP contribution in [0.5, 0.6) is 0 Å². The van der Waals surface area contributed by atoms with Gasteiger partial charge in [0, 0.05) is 19.0 Å². The van der Waals surface area contributed by atoms with Crippen molar-refractivity contribution in [2.75, 3.05) is 18.4 Å². The first-order valence-corrected chi connectivity index (χ1v) is 9.65. The third kappa shape index (κ3) is 6.99. The molecule has 0 radical (unpaired) electrons. The van der Waals surface area contributed by atoms with E-state index in [0.29, 0.717) is 31.4 Å². The summed E-state index contributed by atoms with van der Waals surface area (Å²) in [6.45, 7) is 7.21. The van der Waals surface area contributed by atoms with Gasteiger partial charge in [-0.3, -0.25) is 0 Å². The third-order valence-electron chi connectivity index (χ3n) is 3.72. The minimum absolute atomic E-state index is 0.163. The van der Waals surface area contributed by atoms with Crippen LogP contribution >= 0.6 is 23.2 Å². The number of carbonyl (C=O) groups is 1. The highest BCUT2D eigenvalue weighted by atomic mass is 35.5. The second kappa shape index (κ2) is 9.89. The van der Waals surface area contributed by atoms with Crippen LogP contribution in [-0.4, -0.2) is 60.2 Å². The fourth-order valence-corrected chi connectivity index (χ4v) is 2.58. The third-order valence-corrected chi connectivity index (χ3v) is 3.72. The highest BCUT2D eigenvalue weighted by molar-refractivity contribution is 6.40. The van der Waals surface area contributed by atoms with E-state index in [0.717, 1.165) is 12.8 Å². The van der Waals surface area contributed by atoms with Gasteiger partial charge in [-0.05, 0) is 33.6 Å². The molecular formula is C16H24Cl2N6O3. The molecule has 0 saturated carbocycles. The quantitative estimate of drug-likeness (QED) is 0.704. The Balaban J connectivity index is 0.000000817. The first-order valence-electron chi connectivity index (χ1n) is 8.58. The Labute approximate surface area is 168 Å². The van der Waals surface area contributed by atoms with Crippen LogP contribution in [0, 0.1) is 0 Å². The number of rotatable bonds is 3. The molecule has 0 N–H and O–H groups in total. The van der Waals surface area contributed by atoms with Gasteiger partial charge in [-0.2, -0.15) is 15.0 Å². The Morgan fingerprint density at radius 1 is 1.22 bits per heavy atom. The molecular weight excluding hydrogens is 395 g/mol. The number of nitrogens with zero attached hydrogens (tertiary/aromatic N) is 6. The van der Waals surface area contributed by atoms with Crippen molar-refractivity contribution < 1.29 is 13.9 Å². The highest BCUT2D eigenvalue weighted by Crippen LogP contribution is 2.27. The molecule has 0 spiro atoms. The number of amides is 1. The molecule has 3 rings (SSSR count). The molecule has 1 fully saturated rings. The zero-order valence-electron chi connectivity index (χ0n) is 15.6. The van der Waals surface area contributed by atoms with E-state index in [1.54, 1.807) is 17.3 Å². The van der Waals surface area contributed by atoms with Crippen LogP contribution < -0.4 is 0 Å². The molecule has 2 aromatic rings.